The lowest BCUT2D eigenvalue weighted by Crippen LogP contribution is -2.11. The molecule has 0 fully saturated rings. The summed E-state index contributed by atoms with van der Waals surface area (Å²) in [6.45, 7) is 2.07. The molecular weight excluding hydrogens is 220 g/mol. The lowest BCUT2D eigenvalue weighted by atomic mass is 10.3. The van der Waals surface area contributed by atoms with Gasteiger partial charge in [-0.15, -0.1) is 11.3 Å². The Kier molecular flexibility index (Phi) is 3.48. The minimum Gasteiger partial charge on any atom is -0.308 e. The third-order valence-electron chi connectivity index (χ3n) is 2.25. The number of hydrogen-bond acceptors (Lipinski definition) is 5. The first-order chi connectivity index (χ1) is 7.81. The molecule has 0 aromatic carbocycles. The zero-order chi connectivity index (χ0) is 11.4. The van der Waals surface area contributed by atoms with Crippen molar-refractivity contribution in [3.8, 4) is 0 Å². The highest BCUT2D eigenvalue weighted by molar-refractivity contribution is 7.09. The van der Waals surface area contributed by atoms with E-state index in [0.717, 1.165) is 24.4 Å². The van der Waals surface area contributed by atoms with Crippen LogP contribution in [0.4, 0.5) is 5.82 Å². The molecule has 0 bridgehead atoms. The molecule has 84 valence electrons. The minimum atomic E-state index is 0.679. The molecule has 2 heterocycles. The number of nitrogen functional groups attached to an aromatic ring is 1. The van der Waals surface area contributed by atoms with Gasteiger partial charge in [-0.25, -0.2) is 15.8 Å². The maximum atomic E-state index is 5.38. The van der Waals surface area contributed by atoms with E-state index in [1.807, 2.05) is 12.1 Å². The lowest BCUT2D eigenvalue weighted by molar-refractivity contribution is 0.911. The van der Waals surface area contributed by atoms with Crippen LogP contribution in [0.25, 0.3) is 0 Å². The average Bonchev–Trinajstić information content (AvgIpc) is 2.81. The molecule has 5 heteroatoms. The van der Waals surface area contributed by atoms with Crippen molar-refractivity contribution >= 4 is 17.2 Å². The summed E-state index contributed by atoms with van der Waals surface area (Å²) in [5, 5.41) is 2.06. The highest BCUT2D eigenvalue weighted by atomic mass is 32.1. The Hall–Kier alpha value is -1.46. The molecular formula is C11H14N4S. The zero-order valence-electron chi connectivity index (χ0n) is 9.10. The Labute approximate surface area is 98.5 Å². The van der Waals surface area contributed by atoms with E-state index in [1.165, 1.54) is 4.88 Å². The Bertz CT molecular complexity index is 431. The smallest absolute Gasteiger partial charge is 0.143 e. The summed E-state index contributed by atoms with van der Waals surface area (Å²) in [5.74, 6) is 6.87. The van der Waals surface area contributed by atoms with Crippen molar-refractivity contribution in [3.63, 3.8) is 0 Å². The van der Waals surface area contributed by atoms with E-state index >= 15 is 0 Å². The number of nitrogens with one attached hydrogen (secondary N) is 1. The second kappa shape index (κ2) is 5.05. The van der Waals surface area contributed by atoms with Gasteiger partial charge in [0, 0.05) is 23.1 Å². The highest BCUT2D eigenvalue weighted by Crippen LogP contribution is 2.14. The van der Waals surface area contributed by atoms with E-state index in [4.69, 9.17) is 5.84 Å². The Morgan fingerprint density at radius 3 is 2.94 bits per heavy atom. The topological polar surface area (TPSA) is 63.8 Å². The van der Waals surface area contributed by atoms with Crippen LogP contribution < -0.4 is 11.3 Å². The number of rotatable bonds is 4. The van der Waals surface area contributed by atoms with Crippen molar-refractivity contribution in [2.24, 2.45) is 5.84 Å². The van der Waals surface area contributed by atoms with Gasteiger partial charge in [-0.05, 0) is 17.9 Å². The Morgan fingerprint density at radius 1 is 1.44 bits per heavy atom. The number of hydrogen-bond donors (Lipinski definition) is 2. The first kappa shape index (κ1) is 11.0. The van der Waals surface area contributed by atoms with Crippen LogP contribution >= 0.6 is 11.3 Å². The summed E-state index contributed by atoms with van der Waals surface area (Å²) in [7, 11) is 0. The fourth-order valence-corrected chi connectivity index (χ4v) is 2.16. The molecule has 16 heavy (non-hydrogen) atoms. The van der Waals surface area contributed by atoms with Gasteiger partial charge in [-0.2, -0.15) is 0 Å². The largest absolute Gasteiger partial charge is 0.308 e. The van der Waals surface area contributed by atoms with E-state index in [-0.39, 0.29) is 0 Å². The van der Waals surface area contributed by atoms with Crippen LogP contribution in [-0.2, 0) is 12.8 Å². The first-order valence-corrected chi connectivity index (χ1v) is 6.05. The van der Waals surface area contributed by atoms with Crippen molar-refractivity contribution in [3.05, 3.63) is 40.0 Å². The number of aromatic nitrogens is 2. The molecule has 3 N–H and O–H groups in total. The van der Waals surface area contributed by atoms with Gasteiger partial charge >= 0.3 is 0 Å². The molecule has 2 rings (SSSR count). The molecule has 0 amide bonds. The molecule has 0 aliphatic carbocycles. The summed E-state index contributed by atoms with van der Waals surface area (Å²) in [6, 6.07) is 5.99. The van der Waals surface area contributed by atoms with Gasteiger partial charge in [-0.3, -0.25) is 0 Å². The maximum Gasteiger partial charge on any atom is 0.143 e. The van der Waals surface area contributed by atoms with Gasteiger partial charge < -0.3 is 5.43 Å². The second-order valence-corrected chi connectivity index (χ2v) is 4.45. The summed E-state index contributed by atoms with van der Waals surface area (Å²) in [4.78, 5) is 10.1. The van der Waals surface area contributed by atoms with Crippen LogP contribution in [0.15, 0.2) is 23.6 Å². The first-order valence-electron chi connectivity index (χ1n) is 5.17. The third-order valence-corrected chi connectivity index (χ3v) is 3.12. The van der Waals surface area contributed by atoms with Crippen LogP contribution in [-0.4, -0.2) is 9.97 Å². The summed E-state index contributed by atoms with van der Waals surface area (Å²) < 4.78 is 0. The van der Waals surface area contributed by atoms with E-state index in [0.29, 0.717) is 5.82 Å². The number of aryl methyl sites for hydroxylation is 1. The zero-order valence-corrected chi connectivity index (χ0v) is 9.92. The van der Waals surface area contributed by atoms with Crippen LogP contribution in [0.5, 0.6) is 0 Å². The van der Waals surface area contributed by atoms with Crippen LogP contribution in [0.1, 0.15) is 23.3 Å². The van der Waals surface area contributed by atoms with Crippen molar-refractivity contribution in [1.82, 2.24) is 9.97 Å². The molecule has 0 saturated heterocycles. The lowest BCUT2D eigenvalue weighted by Gasteiger charge is -2.05. The van der Waals surface area contributed by atoms with Gasteiger partial charge in [0.05, 0.1) is 0 Å². The number of nitrogens with two attached hydrogens (primary N) is 1. The van der Waals surface area contributed by atoms with Gasteiger partial charge in [0.1, 0.15) is 11.6 Å². The fourth-order valence-electron chi connectivity index (χ4n) is 1.46. The Morgan fingerprint density at radius 2 is 2.31 bits per heavy atom. The molecule has 2 aromatic rings. The monoisotopic (exact) mass is 234 g/mol. The normalized spacial score (nSPS) is 10.4. The molecule has 0 radical (unpaired) electrons. The van der Waals surface area contributed by atoms with Crippen molar-refractivity contribution in [2.45, 2.75) is 19.8 Å². The van der Waals surface area contributed by atoms with E-state index < -0.39 is 0 Å². The maximum absolute atomic E-state index is 5.38. The van der Waals surface area contributed by atoms with Crippen molar-refractivity contribution in [1.29, 1.82) is 0 Å². The number of anilines is 1. The number of hydrazine groups is 1. The number of nitrogens with zero attached hydrogens (tertiary/aromatic N) is 2. The van der Waals surface area contributed by atoms with E-state index in [1.54, 1.807) is 11.3 Å². The molecule has 2 aromatic heterocycles. The highest BCUT2D eigenvalue weighted by Gasteiger charge is 2.04. The van der Waals surface area contributed by atoms with Crippen LogP contribution in [0.2, 0.25) is 0 Å². The predicted molar refractivity (Wildman–Crippen MR) is 66.3 cm³/mol. The molecule has 0 atom stereocenters. The molecule has 0 spiro atoms. The minimum absolute atomic E-state index is 0.679. The van der Waals surface area contributed by atoms with Gasteiger partial charge in [-0.1, -0.05) is 13.0 Å². The molecule has 0 unspecified atom stereocenters. The van der Waals surface area contributed by atoms with E-state index in [2.05, 4.69) is 33.8 Å². The quantitative estimate of drug-likeness (QED) is 0.627. The second-order valence-electron chi connectivity index (χ2n) is 3.41. The Balaban J connectivity index is 2.26. The van der Waals surface area contributed by atoms with Gasteiger partial charge in [0.25, 0.3) is 0 Å². The summed E-state index contributed by atoms with van der Waals surface area (Å²) in [5.41, 5.74) is 3.58. The molecule has 0 saturated carbocycles. The fraction of sp³-hybridized carbons (Fsp3) is 0.273. The van der Waals surface area contributed by atoms with Crippen LogP contribution in [0.3, 0.4) is 0 Å². The van der Waals surface area contributed by atoms with Gasteiger partial charge in [0.15, 0.2) is 0 Å². The van der Waals surface area contributed by atoms with E-state index in [9.17, 15) is 0 Å². The summed E-state index contributed by atoms with van der Waals surface area (Å²) >= 11 is 1.71. The SMILES string of the molecule is CCc1cc(NN)nc(Cc2cccs2)n1. The van der Waals surface area contributed by atoms with Crippen molar-refractivity contribution in [2.75, 3.05) is 5.43 Å². The molecule has 0 aliphatic rings. The molecule has 0 aliphatic heterocycles. The van der Waals surface area contributed by atoms with Crippen LogP contribution in [0, 0.1) is 0 Å². The standard InChI is InChI=1S/C11H14N4S/c1-2-8-6-11(15-12)14-10(13-8)7-9-4-3-5-16-9/h3-6H,2,7,12H2,1H3,(H,13,14,15). The average molecular weight is 234 g/mol. The van der Waals surface area contributed by atoms with Crippen molar-refractivity contribution < 1.29 is 0 Å². The predicted octanol–water partition coefficient (Wildman–Crippen LogP) is 1.98. The molecule has 4 nitrogen and oxygen atoms in total. The summed E-state index contributed by atoms with van der Waals surface area (Å²) in [6.07, 6.45) is 1.65. The number of thiophene rings is 1. The van der Waals surface area contributed by atoms with Gasteiger partial charge in [0.2, 0.25) is 0 Å². The third kappa shape index (κ3) is 2.56.